The Morgan fingerprint density at radius 1 is 1.00 bits per heavy atom. The molecule has 1 aromatic carbocycles. The molecule has 0 unspecified atom stereocenters. The first kappa shape index (κ1) is 17.3. The zero-order valence-electron chi connectivity index (χ0n) is 11.0. The van der Waals surface area contributed by atoms with Crippen molar-refractivity contribution in [2.75, 3.05) is 31.9 Å². The van der Waals surface area contributed by atoms with E-state index in [0.29, 0.717) is 0 Å². The van der Waals surface area contributed by atoms with Gasteiger partial charge in [0.05, 0.1) is 5.71 Å². The number of benzene rings is 1. The number of halogens is 2. The summed E-state index contributed by atoms with van der Waals surface area (Å²) in [7, 11) is 0. The minimum Gasteiger partial charge on any atom is -0.347 e. The minimum absolute atomic E-state index is 0. The Hall–Kier alpha value is -0.750. The molecule has 4 nitrogen and oxygen atoms in total. The summed E-state index contributed by atoms with van der Waals surface area (Å²) in [6.07, 6.45) is 0. The number of hydrogen-bond acceptors (Lipinski definition) is 5. The van der Waals surface area contributed by atoms with E-state index in [0.717, 1.165) is 42.8 Å². The van der Waals surface area contributed by atoms with Crippen molar-refractivity contribution in [2.45, 2.75) is 0 Å². The van der Waals surface area contributed by atoms with Crippen molar-refractivity contribution in [3.8, 4) is 0 Å². The van der Waals surface area contributed by atoms with Crippen LogP contribution in [0.3, 0.4) is 0 Å². The van der Waals surface area contributed by atoms with Crippen LogP contribution in [-0.2, 0) is 0 Å². The summed E-state index contributed by atoms with van der Waals surface area (Å²) in [5.41, 5.74) is 2.24. The van der Waals surface area contributed by atoms with Gasteiger partial charge in [-0.15, -0.1) is 29.9 Å². The molecule has 7 heteroatoms. The van der Waals surface area contributed by atoms with Crippen molar-refractivity contribution in [2.24, 2.45) is 10.2 Å². The highest BCUT2D eigenvalue weighted by Gasteiger charge is 2.19. The smallest absolute Gasteiger partial charge is 0.186 e. The maximum atomic E-state index is 4.38. The predicted molar refractivity (Wildman–Crippen MR) is 91.8 cm³/mol. The van der Waals surface area contributed by atoms with Crippen LogP contribution in [0.15, 0.2) is 40.5 Å². The average Bonchev–Trinajstić information content (AvgIpc) is 2.49. The first-order valence-corrected chi connectivity index (χ1v) is 7.20. The summed E-state index contributed by atoms with van der Waals surface area (Å²) in [4.78, 5) is 2.31. The zero-order chi connectivity index (χ0) is 12.2. The number of rotatable bonds is 1. The third kappa shape index (κ3) is 4.12. The van der Waals surface area contributed by atoms with Gasteiger partial charge in [-0.2, -0.15) is 5.10 Å². The molecule has 2 aliphatic heterocycles. The molecule has 0 atom stereocenters. The van der Waals surface area contributed by atoms with Gasteiger partial charge in [0.1, 0.15) is 0 Å². The third-order valence-electron chi connectivity index (χ3n) is 3.09. The van der Waals surface area contributed by atoms with E-state index in [9.17, 15) is 0 Å². The van der Waals surface area contributed by atoms with Gasteiger partial charge in [-0.3, -0.25) is 0 Å². The number of hydrogen-bond donors (Lipinski definition) is 1. The fraction of sp³-hybridized carbons (Fsp3) is 0.385. The molecule has 0 aromatic heterocycles. The lowest BCUT2D eigenvalue weighted by Crippen LogP contribution is -2.46. The van der Waals surface area contributed by atoms with Gasteiger partial charge in [-0.1, -0.05) is 42.1 Å². The topological polar surface area (TPSA) is 40.0 Å². The van der Waals surface area contributed by atoms with Crippen molar-refractivity contribution in [3.63, 3.8) is 0 Å². The molecular weight excluding hydrogens is 315 g/mol. The number of piperazine rings is 1. The number of amidine groups is 1. The number of thioether (sulfide) groups is 1. The molecule has 0 spiro atoms. The van der Waals surface area contributed by atoms with Crippen LogP contribution in [0.2, 0.25) is 0 Å². The largest absolute Gasteiger partial charge is 0.347 e. The molecule has 20 heavy (non-hydrogen) atoms. The van der Waals surface area contributed by atoms with Crippen molar-refractivity contribution in [1.29, 1.82) is 0 Å². The van der Waals surface area contributed by atoms with E-state index in [1.54, 1.807) is 11.8 Å². The molecule has 0 radical (unpaired) electrons. The highest BCUT2D eigenvalue weighted by atomic mass is 35.5. The van der Waals surface area contributed by atoms with Crippen LogP contribution in [0.4, 0.5) is 0 Å². The van der Waals surface area contributed by atoms with Crippen LogP contribution in [0.1, 0.15) is 5.56 Å². The van der Waals surface area contributed by atoms with Gasteiger partial charge in [0.15, 0.2) is 5.17 Å². The van der Waals surface area contributed by atoms with E-state index >= 15 is 0 Å². The van der Waals surface area contributed by atoms with E-state index in [1.807, 2.05) is 18.2 Å². The van der Waals surface area contributed by atoms with Crippen LogP contribution in [0.5, 0.6) is 0 Å². The Labute approximate surface area is 135 Å². The van der Waals surface area contributed by atoms with Gasteiger partial charge in [-0.25, -0.2) is 0 Å². The molecule has 1 fully saturated rings. The van der Waals surface area contributed by atoms with E-state index in [1.165, 1.54) is 5.56 Å². The Morgan fingerprint density at radius 3 is 2.30 bits per heavy atom. The minimum atomic E-state index is 0. The fourth-order valence-electron chi connectivity index (χ4n) is 2.08. The molecular formula is C13H18Cl2N4S. The number of nitrogens with one attached hydrogen (secondary N) is 1. The summed E-state index contributed by atoms with van der Waals surface area (Å²) >= 11 is 1.79. The molecule has 3 rings (SSSR count). The summed E-state index contributed by atoms with van der Waals surface area (Å²) in [5, 5.41) is 13.2. The van der Waals surface area contributed by atoms with Gasteiger partial charge in [0, 0.05) is 31.9 Å². The first-order valence-electron chi connectivity index (χ1n) is 6.22. The SMILES string of the molecule is Cl.Cl.c1ccc(C2=NN=C(N3CCNCC3)SC2)cc1. The molecule has 1 N–H and O–H groups in total. The van der Waals surface area contributed by atoms with Crippen molar-refractivity contribution in [3.05, 3.63) is 35.9 Å². The predicted octanol–water partition coefficient (Wildman–Crippen LogP) is 2.24. The molecule has 0 saturated carbocycles. The molecule has 2 aliphatic rings. The van der Waals surface area contributed by atoms with E-state index in [-0.39, 0.29) is 24.8 Å². The van der Waals surface area contributed by atoms with Gasteiger partial charge < -0.3 is 10.2 Å². The summed E-state index contributed by atoms with van der Waals surface area (Å²) < 4.78 is 0. The maximum Gasteiger partial charge on any atom is 0.186 e. The Morgan fingerprint density at radius 2 is 1.70 bits per heavy atom. The lowest BCUT2D eigenvalue weighted by Gasteiger charge is -2.30. The van der Waals surface area contributed by atoms with Crippen molar-refractivity contribution >= 4 is 47.5 Å². The lowest BCUT2D eigenvalue weighted by molar-refractivity contribution is 0.362. The van der Waals surface area contributed by atoms with E-state index in [4.69, 9.17) is 0 Å². The lowest BCUT2D eigenvalue weighted by atomic mass is 10.1. The second kappa shape index (κ2) is 8.52. The highest BCUT2D eigenvalue weighted by Crippen LogP contribution is 2.18. The average molecular weight is 333 g/mol. The molecule has 0 amide bonds. The normalized spacial score (nSPS) is 18.3. The second-order valence-electron chi connectivity index (χ2n) is 4.32. The van der Waals surface area contributed by atoms with E-state index < -0.39 is 0 Å². The van der Waals surface area contributed by atoms with Crippen LogP contribution < -0.4 is 5.32 Å². The Bertz CT molecular complexity index is 473. The van der Waals surface area contributed by atoms with Crippen molar-refractivity contribution < 1.29 is 0 Å². The summed E-state index contributed by atoms with van der Waals surface area (Å²) in [5.74, 6) is 0.909. The van der Waals surface area contributed by atoms with Crippen LogP contribution >= 0.6 is 36.6 Å². The van der Waals surface area contributed by atoms with Gasteiger partial charge >= 0.3 is 0 Å². The second-order valence-corrected chi connectivity index (χ2v) is 5.26. The fourth-order valence-corrected chi connectivity index (χ4v) is 3.03. The molecule has 110 valence electrons. The maximum absolute atomic E-state index is 4.38. The standard InChI is InChI=1S/C13H16N4S.2ClH/c1-2-4-11(5-3-1)12-10-18-13(16-15-12)17-8-6-14-7-9-17;;/h1-5,14H,6-10H2;2*1H. The zero-order valence-corrected chi connectivity index (χ0v) is 13.4. The molecule has 1 saturated heterocycles. The van der Waals surface area contributed by atoms with Gasteiger partial charge in [0.2, 0.25) is 0 Å². The third-order valence-corrected chi connectivity index (χ3v) is 4.10. The Kier molecular flexibility index (Phi) is 7.37. The van der Waals surface area contributed by atoms with E-state index in [2.05, 4.69) is 32.6 Å². The van der Waals surface area contributed by atoms with Crippen LogP contribution in [0, 0.1) is 0 Å². The molecule has 0 aliphatic carbocycles. The highest BCUT2D eigenvalue weighted by molar-refractivity contribution is 8.14. The van der Waals surface area contributed by atoms with Crippen LogP contribution in [0.25, 0.3) is 0 Å². The molecule has 0 bridgehead atoms. The summed E-state index contributed by atoms with van der Waals surface area (Å²) in [6.45, 7) is 4.13. The quantitative estimate of drug-likeness (QED) is 0.857. The monoisotopic (exact) mass is 332 g/mol. The number of nitrogens with zero attached hydrogens (tertiary/aromatic N) is 3. The Balaban J connectivity index is 0.000001000. The van der Waals surface area contributed by atoms with Crippen molar-refractivity contribution in [1.82, 2.24) is 10.2 Å². The first-order chi connectivity index (χ1) is 8.93. The molecule has 2 heterocycles. The summed E-state index contributed by atoms with van der Waals surface area (Å²) in [6, 6.07) is 10.3. The molecule has 1 aromatic rings. The van der Waals surface area contributed by atoms with Crippen LogP contribution in [-0.4, -0.2) is 47.7 Å². The van der Waals surface area contributed by atoms with Gasteiger partial charge in [-0.05, 0) is 5.56 Å². The van der Waals surface area contributed by atoms with Gasteiger partial charge in [0.25, 0.3) is 0 Å².